The van der Waals surface area contributed by atoms with Gasteiger partial charge in [0.25, 0.3) is 0 Å². The third-order valence-electron chi connectivity index (χ3n) is 3.57. The van der Waals surface area contributed by atoms with Crippen molar-refractivity contribution >= 4 is 10.0 Å². The molecule has 19 heavy (non-hydrogen) atoms. The van der Waals surface area contributed by atoms with Gasteiger partial charge < -0.3 is 4.98 Å². The Morgan fingerprint density at radius 1 is 1.16 bits per heavy atom. The number of hydrogen-bond acceptors (Lipinski definition) is 3. The molecular weight excluding hydrogens is 264 g/mol. The molecule has 0 radical (unpaired) electrons. The van der Waals surface area contributed by atoms with Gasteiger partial charge in [-0.15, -0.1) is 0 Å². The topological polar surface area (TPSA) is 79.0 Å². The molecule has 1 aromatic rings. The maximum atomic E-state index is 12.2. The molecule has 106 valence electrons. The predicted molar refractivity (Wildman–Crippen MR) is 73.4 cm³/mol. The van der Waals surface area contributed by atoms with Crippen LogP contribution in [0.2, 0.25) is 0 Å². The second-order valence-corrected chi connectivity index (χ2v) is 7.34. The number of nitrogens with one attached hydrogen (secondary N) is 2. The van der Waals surface area contributed by atoms with E-state index in [4.69, 9.17) is 0 Å². The van der Waals surface area contributed by atoms with Gasteiger partial charge in [-0.25, -0.2) is 13.1 Å². The minimum absolute atomic E-state index is 0.0179. The Morgan fingerprint density at radius 3 is 2.32 bits per heavy atom. The van der Waals surface area contributed by atoms with Crippen molar-refractivity contribution in [3.63, 3.8) is 0 Å². The van der Waals surface area contributed by atoms with Crippen molar-refractivity contribution in [1.82, 2.24) is 9.71 Å². The highest BCUT2D eigenvalue weighted by atomic mass is 32.2. The Morgan fingerprint density at radius 2 is 1.79 bits per heavy atom. The van der Waals surface area contributed by atoms with E-state index in [1.807, 2.05) is 0 Å². The lowest BCUT2D eigenvalue weighted by Crippen LogP contribution is -2.40. The summed E-state index contributed by atoms with van der Waals surface area (Å²) in [5, 5.41) is 0. The number of rotatable bonds is 3. The summed E-state index contributed by atoms with van der Waals surface area (Å²) in [6.45, 7) is 4.30. The first kappa shape index (κ1) is 14.3. The van der Waals surface area contributed by atoms with Gasteiger partial charge in [-0.3, -0.25) is 4.79 Å². The molecular formula is C13H20N2O3S. The van der Waals surface area contributed by atoms with Crippen LogP contribution >= 0.6 is 0 Å². The monoisotopic (exact) mass is 284 g/mol. The summed E-state index contributed by atoms with van der Waals surface area (Å²) in [4.78, 5) is 13.4. The van der Waals surface area contributed by atoms with Crippen LogP contribution in [0.1, 0.15) is 33.1 Å². The molecule has 2 rings (SSSR count). The van der Waals surface area contributed by atoms with Crippen LogP contribution in [0.3, 0.4) is 0 Å². The van der Waals surface area contributed by atoms with Crippen LogP contribution in [0.5, 0.6) is 0 Å². The first-order valence-electron chi connectivity index (χ1n) is 6.58. The fraction of sp³-hybridized carbons (Fsp3) is 0.615. The summed E-state index contributed by atoms with van der Waals surface area (Å²) in [5.74, 6) is 1.07. The van der Waals surface area contributed by atoms with Gasteiger partial charge in [0.2, 0.25) is 15.6 Å². The molecule has 0 saturated heterocycles. The Bertz CT molecular complexity index is 564. The zero-order valence-electron chi connectivity index (χ0n) is 11.2. The third-order valence-corrected chi connectivity index (χ3v) is 5.08. The minimum Gasteiger partial charge on any atom is -0.328 e. The van der Waals surface area contributed by atoms with E-state index in [-0.39, 0.29) is 16.5 Å². The molecule has 1 fully saturated rings. The molecule has 0 spiro atoms. The highest BCUT2D eigenvalue weighted by Crippen LogP contribution is 2.29. The summed E-state index contributed by atoms with van der Waals surface area (Å²) in [5.41, 5.74) is -0.307. The molecule has 0 bridgehead atoms. The molecule has 0 aliphatic heterocycles. The second kappa shape index (κ2) is 5.46. The highest BCUT2D eigenvalue weighted by molar-refractivity contribution is 7.89. The summed E-state index contributed by atoms with van der Waals surface area (Å²) in [7, 11) is -3.54. The fourth-order valence-corrected chi connectivity index (χ4v) is 4.12. The van der Waals surface area contributed by atoms with Crippen molar-refractivity contribution in [2.45, 2.75) is 44.0 Å². The Kier molecular flexibility index (Phi) is 4.10. The Labute approximate surface area is 113 Å². The molecule has 1 aliphatic carbocycles. The van der Waals surface area contributed by atoms with E-state index >= 15 is 0 Å². The molecule has 0 amide bonds. The van der Waals surface area contributed by atoms with Gasteiger partial charge >= 0.3 is 0 Å². The quantitative estimate of drug-likeness (QED) is 0.882. The number of hydrogen-bond donors (Lipinski definition) is 2. The lowest BCUT2D eigenvalue weighted by atomic mass is 9.81. The van der Waals surface area contributed by atoms with Crippen LogP contribution in [0.25, 0.3) is 0 Å². The van der Waals surface area contributed by atoms with E-state index in [1.54, 1.807) is 0 Å². The number of aromatic amines is 1. The average Bonchev–Trinajstić information content (AvgIpc) is 2.27. The maximum Gasteiger partial charge on any atom is 0.247 e. The molecule has 2 atom stereocenters. The molecule has 1 heterocycles. The van der Waals surface area contributed by atoms with Crippen LogP contribution in [0.4, 0.5) is 0 Å². The summed E-state index contributed by atoms with van der Waals surface area (Å²) in [6.07, 6.45) is 4.12. The van der Waals surface area contributed by atoms with E-state index in [2.05, 4.69) is 23.6 Å². The smallest absolute Gasteiger partial charge is 0.247 e. The van der Waals surface area contributed by atoms with Crippen molar-refractivity contribution in [3.05, 3.63) is 28.7 Å². The minimum atomic E-state index is -3.54. The molecule has 0 aromatic carbocycles. The van der Waals surface area contributed by atoms with E-state index in [1.165, 1.54) is 18.3 Å². The highest BCUT2D eigenvalue weighted by Gasteiger charge is 2.27. The van der Waals surface area contributed by atoms with Gasteiger partial charge in [0.05, 0.1) is 4.90 Å². The first-order valence-corrected chi connectivity index (χ1v) is 8.06. The molecule has 1 aromatic heterocycles. The lowest BCUT2D eigenvalue weighted by Gasteiger charge is -2.31. The summed E-state index contributed by atoms with van der Waals surface area (Å²) >= 11 is 0. The largest absolute Gasteiger partial charge is 0.328 e. The number of H-pyrrole nitrogens is 1. The number of pyridine rings is 1. The van der Waals surface area contributed by atoms with E-state index in [0.717, 1.165) is 19.3 Å². The molecule has 1 saturated carbocycles. The van der Waals surface area contributed by atoms with E-state index < -0.39 is 10.0 Å². The predicted octanol–water partition coefficient (Wildman–Crippen LogP) is 1.48. The van der Waals surface area contributed by atoms with Crippen LogP contribution in [-0.2, 0) is 10.0 Å². The maximum absolute atomic E-state index is 12.2. The number of sulfonamides is 1. The van der Waals surface area contributed by atoms with Crippen LogP contribution in [0, 0.1) is 11.8 Å². The van der Waals surface area contributed by atoms with Crippen molar-refractivity contribution in [2.24, 2.45) is 11.8 Å². The van der Waals surface area contributed by atoms with E-state index in [0.29, 0.717) is 11.8 Å². The molecule has 1 aliphatic rings. The third kappa shape index (κ3) is 3.67. The second-order valence-electron chi connectivity index (χ2n) is 5.62. The van der Waals surface area contributed by atoms with E-state index in [9.17, 15) is 13.2 Å². The van der Waals surface area contributed by atoms with Crippen molar-refractivity contribution in [3.8, 4) is 0 Å². The van der Waals surface area contributed by atoms with Crippen molar-refractivity contribution in [1.29, 1.82) is 0 Å². The van der Waals surface area contributed by atoms with Gasteiger partial charge in [-0.2, -0.15) is 0 Å². The average molecular weight is 284 g/mol. The van der Waals surface area contributed by atoms with Gasteiger partial charge in [-0.1, -0.05) is 13.8 Å². The zero-order chi connectivity index (χ0) is 14.0. The molecule has 2 N–H and O–H groups in total. The van der Waals surface area contributed by atoms with Gasteiger partial charge in [-0.05, 0) is 37.2 Å². The Balaban J connectivity index is 2.13. The lowest BCUT2D eigenvalue weighted by molar-refractivity contribution is 0.257. The first-order chi connectivity index (χ1) is 8.87. The van der Waals surface area contributed by atoms with Gasteiger partial charge in [0.1, 0.15) is 0 Å². The zero-order valence-corrected chi connectivity index (χ0v) is 12.0. The van der Waals surface area contributed by atoms with Crippen LogP contribution in [-0.4, -0.2) is 19.4 Å². The van der Waals surface area contributed by atoms with Crippen molar-refractivity contribution < 1.29 is 8.42 Å². The molecule has 2 unspecified atom stereocenters. The van der Waals surface area contributed by atoms with Crippen LogP contribution in [0.15, 0.2) is 28.0 Å². The summed E-state index contributed by atoms with van der Waals surface area (Å²) in [6, 6.07) is 2.54. The summed E-state index contributed by atoms with van der Waals surface area (Å²) < 4.78 is 27.1. The van der Waals surface area contributed by atoms with Crippen LogP contribution < -0.4 is 10.3 Å². The Hall–Kier alpha value is -1.14. The number of aromatic nitrogens is 1. The fourth-order valence-electron chi connectivity index (χ4n) is 2.89. The molecule has 6 heteroatoms. The van der Waals surface area contributed by atoms with Gasteiger partial charge in [0, 0.05) is 18.3 Å². The normalized spacial score (nSPS) is 28.2. The standard InChI is InChI=1S/C13H20N2O3S/c1-9-5-10(2)7-11(6-9)15-19(17,18)12-3-4-13(16)14-8-12/h3-4,8-11,15H,5-7H2,1-2H3,(H,14,16). The van der Waals surface area contributed by atoms with Gasteiger partial charge in [0.15, 0.2) is 0 Å². The van der Waals surface area contributed by atoms with Crippen molar-refractivity contribution in [2.75, 3.05) is 0 Å². The molecule has 5 nitrogen and oxygen atoms in total. The SMILES string of the molecule is CC1CC(C)CC(NS(=O)(=O)c2ccc(=O)[nH]c2)C1.